The number of terminal acetylenes is 1. The van der Waals surface area contributed by atoms with Crippen LogP contribution in [-0.4, -0.2) is 18.3 Å². The Morgan fingerprint density at radius 2 is 2.06 bits per heavy atom. The van der Waals surface area contributed by atoms with Crippen LogP contribution in [0.4, 0.5) is 0 Å². The van der Waals surface area contributed by atoms with Crippen LogP contribution in [0.3, 0.4) is 0 Å². The number of aliphatic hydroxyl groups is 1. The van der Waals surface area contributed by atoms with Gasteiger partial charge in [0.25, 0.3) is 0 Å². The highest BCUT2D eigenvalue weighted by atomic mass is 16.5. The smallest absolute Gasteiger partial charge is 0.161 e. The number of hydrogen-bond acceptors (Lipinski definition) is 3. The van der Waals surface area contributed by atoms with Crippen LogP contribution in [0.2, 0.25) is 0 Å². The van der Waals surface area contributed by atoms with Gasteiger partial charge in [-0.1, -0.05) is 13.0 Å². The molecule has 1 aromatic carbocycles. The summed E-state index contributed by atoms with van der Waals surface area (Å²) in [5.74, 6) is 3.80. The number of ether oxygens (including phenoxy) is 2. The van der Waals surface area contributed by atoms with Crippen LogP contribution < -0.4 is 9.47 Å². The van der Waals surface area contributed by atoms with E-state index in [2.05, 4.69) is 5.92 Å². The maximum absolute atomic E-state index is 9.84. The van der Waals surface area contributed by atoms with Gasteiger partial charge in [0.1, 0.15) is 0 Å². The molecule has 0 aromatic heterocycles. The highest BCUT2D eigenvalue weighted by Crippen LogP contribution is 2.31. The molecule has 0 aliphatic heterocycles. The molecule has 0 heterocycles. The predicted octanol–water partition coefficient (Wildman–Crippen LogP) is 2.93. The van der Waals surface area contributed by atoms with Crippen LogP contribution in [0.25, 0.3) is 0 Å². The first-order valence-corrected chi connectivity index (χ1v) is 6.24. The summed E-state index contributed by atoms with van der Waals surface area (Å²) in [6.07, 6.45) is 5.77. The zero-order chi connectivity index (χ0) is 13.4. The van der Waals surface area contributed by atoms with Crippen molar-refractivity contribution in [2.75, 3.05) is 13.2 Å². The quantitative estimate of drug-likeness (QED) is 0.754. The fourth-order valence-electron chi connectivity index (χ4n) is 1.56. The van der Waals surface area contributed by atoms with Crippen molar-refractivity contribution < 1.29 is 14.6 Å². The van der Waals surface area contributed by atoms with Crippen LogP contribution >= 0.6 is 0 Å². The first-order valence-electron chi connectivity index (χ1n) is 6.24. The Balaban J connectivity index is 2.91. The van der Waals surface area contributed by atoms with E-state index in [1.54, 1.807) is 6.07 Å². The topological polar surface area (TPSA) is 38.7 Å². The molecule has 3 nitrogen and oxygen atoms in total. The van der Waals surface area contributed by atoms with Crippen molar-refractivity contribution in [3.05, 3.63) is 23.8 Å². The molecular formula is C15H20O3. The molecule has 0 bridgehead atoms. The highest BCUT2D eigenvalue weighted by molar-refractivity contribution is 5.43. The Bertz CT molecular complexity index is 407. The molecule has 0 saturated carbocycles. The molecule has 0 radical (unpaired) electrons. The average molecular weight is 248 g/mol. The van der Waals surface area contributed by atoms with Crippen LogP contribution in [0, 0.1) is 12.3 Å². The molecule has 1 N–H and O–H groups in total. The van der Waals surface area contributed by atoms with Crippen LogP contribution in [0.5, 0.6) is 11.5 Å². The summed E-state index contributed by atoms with van der Waals surface area (Å²) >= 11 is 0. The van der Waals surface area contributed by atoms with Gasteiger partial charge in [0.05, 0.1) is 19.3 Å². The zero-order valence-corrected chi connectivity index (χ0v) is 11.0. The Kier molecular flexibility index (Phi) is 6.10. The van der Waals surface area contributed by atoms with Gasteiger partial charge in [-0.05, 0) is 31.0 Å². The lowest BCUT2D eigenvalue weighted by Gasteiger charge is -2.14. The van der Waals surface area contributed by atoms with E-state index in [9.17, 15) is 5.11 Å². The Hall–Kier alpha value is -1.66. The lowest BCUT2D eigenvalue weighted by atomic mass is 10.1. The maximum Gasteiger partial charge on any atom is 0.161 e. The van der Waals surface area contributed by atoms with Gasteiger partial charge in [-0.25, -0.2) is 0 Å². The number of benzene rings is 1. The van der Waals surface area contributed by atoms with Gasteiger partial charge < -0.3 is 14.6 Å². The largest absolute Gasteiger partial charge is 0.490 e. The summed E-state index contributed by atoms with van der Waals surface area (Å²) in [5.41, 5.74) is 0.750. The van der Waals surface area contributed by atoms with Crippen LogP contribution in [-0.2, 0) is 0 Å². The first kappa shape index (κ1) is 14.4. The standard InChI is InChI=1S/C15H20O3/c1-4-7-13(16)12-8-9-14(18-10-5-2)15(11-12)17-6-3/h1,8-9,11,13,16H,5-7,10H2,2-3H3. The van der Waals surface area contributed by atoms with Crippen molar-refractivity contribution in [1.82, 2.24) is 0 Å². The summed E-state index contributed by atoms with van der Waals surface area (Å²) in [7, 11) is 0. The minimum Gasteiger partial charge on any atom is -0.490 e. The molecule has 98 valence electrons. The molecule has 0 amide bonds. The van der Waals surface area contributed by atoms with E-state index < -0.39 is 6.10 Å². The van der Waals surface area contributed by atoms with Crippen LogP contribution in [0.15, 0.2) is 18.2 Å². The third-order valence-electron chi connectivity index (χ3n) is 2.43. The average Bonchev–Trinajstić information content (AvgIpc) is 2.38. The van der Waals surface area contributed by atoms with Gasteiger partial charge in [-0.2, -0.15) is 0 Å². The predicted molar refractivity (Wildman–Crippen MR) is 71.8 cm³/mol. The SMILES string of the molecule is C#CCC(O)c1ccc(OCCC)c(OCC)c1. The molecular weight excluding hydrogens is 228 g/mol. The summed E-state index contributed by atoms with van der Waals surface area (Å²) in [6.45, 7) is 5.16. The highest BCUT2D eigenvalue weighted by Gasteiger charge is 2.11. The van der Waals surface area contributed by atoms with Gasteiger partial charge in [-0.3, -0.25) is 0 Å². The zero-order valence-electron chi connectivity index (χ0n) is 11.0. The Labute approximate surface area is 109 Å². The van der Waals surface area contributed by atoms with E-state index in [0.717, 1.165) is 12.0 Å². The molecule has 1 unspecified atom stereocenters. The lowest BCUT2D eigenvalue weighted by Crippen LogP contribution is -2.02. The van der Waals surface area contributed by atoms with Crippen molar-refractivity contribution in [3.8, 4) is 23.8 Å². The van der Waals surface area contributed by atoms with Gasteiger partial charge >= 0.3 is 0 Å². The van der Waals surface area contributed by atoms with E-state index in [1.807, 2.05) is 26.0 Å². The van der Waals surface area contributed by atoms with E-state index in [0.29, 0.717) is 31.1 Å². The van der Waals surface area contributed by atoms with Gasteiger partial charge in [0.15, 0.2) is 11.5 Å². The third-order valence-corrected chi connectivity index (χ3v) is 2.43. The normalized spacial score (nSPS) is 11.7. The molecule has 1 atom stereocenters. The fourth-order valence-corrected chi connectivity index (χ4v) is 1.56. The van der Waals surface area contributed by atoms with E-state index in [4.69, 9.17) is 15.9 Å². The number of aliphatic hydroxyl groups excluding tert-OH is 1. The molecule has 0 aliphatic rings. The van der Waals surface area contributed by atoms with Crippen molar-refractivity contribution in [1.29, 1.82) is 0 Å². The Morgan fingerprint density at radius 1 is 1.28 bits per heavy atom. The van der Waals surface area contributed by atoms with Gasteiger partial charge in [0.2, 0.25) is 0 Å². The van der Waals surface area contributed by atoms with Crippen molar-refractivity contribution in [3.63, 3.8) is 0 Å². The summed E-state index contributed by atoms with van der Waals surface area (Å²) < 4.78 is 11.1. The molecule has 0 fully saturated rings. The Morgan fingerprint density at radius 3 is 2.67 bits per heavy atom. The second kappa shape index (κ2) is 7.62. The maximum atomic E-state index is 9.84. The van der Waals surface area contributed by atoms with Gasteiger partial charge in [-0.15, -0.1) is 12.3 Å². The molecule has 1 rings (SSSR count). The summed E-state index contributed by atoms with van der Waals surface area (Å²) in [6, 6.07) is 5.42. The lowest BCUT2D eigenvalue weighted by molar-refractivity contribution is 0.183. The molecule has 0 spiro atoms. The first-order chi connectivity index (χ1) is 8.72. The monoisotopic (exact) mass is 248 g/mol. The molecule has 0 aliphatic carbocycles. The van der Waals surface area contributed by atoms with Crippen molar-refractivity contribution in [2.24, 2.45) is 0 Å². The van der Waals surface area contributed by atoms with Crippen molar-refractivity contribution in [2.45, 2.75) is 32.8 Å². The second-order valence-corrected chi connectivity index (χ2v) is 3.91. The fraction of sp³-hybridized carbons (Fsp3) is 0.467. The van der Waals surface area contributed by atoms with Crippen LogP contribution in [0.1, 0.15) is 38.4 Å². The van der Waals surface area contributed by atoms with E-state index >= 15 is 0 Å². The summed E-state index contributed by atoms with van der Waals surface area (Å²) in [4.78, 5) is 0. The molecule has 18 heavy (non-hydrogen) atoms. The molecule has 0 saturated heterocycles. The number of hydrogen-bond donors (Lipinski definition) is 1. The second-order valence-electron chi connectivity index (χ2n) is 3.91. The van der Waals surface area contributed by atoms with E-state index in [-0.39, 0.29) is 0 Å². The van der Waals surface area contributed by atoms with E-state index in [1.165, 1.54) is 0 Å². The van der Waals surface area contributed by atoms with Gasteiger partial charge in [0, 0.05) is 6.42 Å². The minimum atomic E-state index is -0.658. The molecule has 3 heteroatoms. The molecule has 1 aromatic rings. The van der Waals surface area contributed by atoms with Crippen molar-refractivity contribution >= 4 is 0 Å². The number of rotatable bonds is 7. The third kappa shape index (κ3) is 3.97. The summed E-state index contributed by atoms with van der Waals surface area (Å²) in [5, 5.41) is 9.84. The minimum absolute atomic E-state index is 0.292.